The first-order chi connectivity index (χ1) is 32.7. The van der Waals surface area contributed by atoms with E-state index in [1.165, 1.54) is 118 Å². The van der Waals surface area contributed by atoms with Gasteiger partial charge in [0.15, 0.2) is 0 Å². The van der Waals surface area contributed by atoms with Gasteiger partial charge in [-0.3, -0.25) is 0 Å². The molecule has 0 radical (unpaired) electrons. The summed E-state index contributed by atoms with van der Waals surface area (Å²) in [6, 6.07) is 76.6. The minimum absolute atomic E-state index is 0.484. The standard InChI is InChI=1S/C62H39NS3/c1-4-21-44-39(17-1)40-36-35-38(37-51(40)62(44)48-25-8-13-33-57(48)65-58-34-14-9-26-49(58)62)63(53-29-15-20-42-41-18-3-10-30-54(41)66-60(42)53)52-28-16-27-50-59(52)43-19-2-5-22-45(43)61(50)46-23-6-11-31-55(46)64-56-32-12-7-24-47(56)61/h1-9,11-29,31-37H,10,30H2. The third kappa shape index (κ3) is 4.74. The van der Waals surface area contributed by atoms with Crippen LogP contribution < -0.4 is 4.90 Å². The number of fused-ring (bicyclic) bond motifs is 21. The molecule has 0 N–H and O–H groups in total. The molecule has 0 unspecified atom stereocenters. The molecule has 1 nitrogen and oxygen atoms in total. The number of anilines is 3. The van der Waals surface area contributed by atoms with Gasteiger partial charge < -0.3 is 4.90 Å². The highest BCUT2D eigenvalue weighted by Gasteiger charge is 2.53. The normalized spacial score (nSPS) is 15.5. The van der Waals surface area contributed by atoms with E-state index in [2.05, 4.69) is 217 Å². The van der Waals surface area contributed by atoms with E-state index in [0.717, 1.165) is 18.5 Å². The fraction of sp³-hybridized carbons (Fsp3) is 0.0645. The van der Waals surface area contributed by atoms with Gasteiger partial charge in [-0.05, 0) is 128 Å². The van der Waals surface area contributed by atoms with E-state index >= 15 is 0 Å². The van der Waals surface area contributed by atoms with Crippen molar-refractivity contribution >= 4 is 68.1 Å². The molecule has 1 aromatic heterocycles. The second kappa shape index (κ2) is 13.9. The maximum absolute atomic E-state index is 2.64. The van der Waals surface area contributed by atoms with Crippen molar-refractivity contribution in [2.75, 3.05) is 4.90 Å². The molecule has 2 aliphatic heterocycles. The zero-order chi connectivity index (χ0) is 43.1. The SMILES string of the molecule is C1=Cc2c(sc3c(N(c4ccc5c(c4)C4(c6ccccc6Sc6ccccc64)c4ccccc4-5)c4cccc5c4-c4ccccc4C54c5ccccc5Sc5ccccc54)cccc23)CC1. The highest BCUT2D eigenvalue weighted by molar-refractivity contribution is 7.99. The number of allylic oxidation sites excluding steroid dienone is 1. The Kier molecular flexibility index (Phi) is 7.85. The summed E-state index contributed by atoms with van der Waals surface area (Å²) in [6.45, 7) is 0. The fourth-order valence-corrected chi connectivity index (χ4v) is 16.3. The molecule has 9 aromatic carbocycles. The first-order valence-electron chi connectivity index (χ1n) is 23.0. The van der Waals surface area contributed by atoms with Crippen molar-refractivity contribution in [3.05, 3.63) is 261 Å². The molecule has 10 aromatic rings. The minimum Gasteiger partial charge on any atom is -0.308 e. The maximum atomic E-state index is 2.64. The monoisotopic (exact) mass is 893 g/mol. The third-order valence-corrected chi connectivity index (χ3v) is 18.7. The second-order valence-corrected chi connectivity index (χ2v) is 21.4. The van der Waals surface area contributed by atoms with E-state index in [1.807, 2.05) is 34.9 Å². The molecule has 0 saturated carbocycles. The van der Waals surface area contributed by atoms with Crippen molar-refractivity contribution in [3.63, 3.8) is 0 Å². The lowest BCUT2D eigenvalue weighted by Crippen LogP contribution is -2.32. The van der Waals surface area contributed by atoms with Gasteiger partial charge in [0.05, 0.1) is 26.9 Å². The molecular weight excluding hydrogens is 855 g/mol. The number of hydrogen-bond donors (Lipinski definition) is 0. The average Bonchev–Trinajstić information content (AvgIpc) is 4.00. The van der Waals surface area contributed by atoms with E-state index in [9.17, 15) is 0 Å². The predicted molar refractivity (Wildman–Crippen MR) is 277 cm³/mol. The van der Waals surface area contributed by atoms with E-state index in [1.54, 1.807) is 0 Å². The molecule has 0 fully saturated rings. The molecule has 0 bridgehead atoms. The van der Waals surface area contributed by atoms with E-state index in [0.29, 0.717) is 0 Å². The van der Waals surface area contributed by atoms with Crippen LogP contribution in [0.25, 0.3) is 38.4 Å². The number of rotatable bonds is 3. The molecule has 310 valence electrons. The molecule has 0 atom stereocenters. The van der Waals surface area contributed by atoms with Gasteiger partial charge in [0.1, 0.15) is 0 Å². The molecular formula is C62H39NS3. The lowest BCUT2D eigenvalue weighted by atomic mass is 9.67. The van der Waals surface area contributed by atoms with Crippen molar-refractivity contribution in [1.29, 1.82) is 0 Å². The van der Waals surface area contributed by atoms with Crippen molar-refractivity contribution in [2.24, 2.45) is 0 Å². The highest BCUT2D eigenvalue weighted by Crippen LogP contribution is 2.66. The second-order valence-electron chi connectivity index (χ2n) is 18.1. The Morgan fingerprint density at radius 1 is 0.409 bits per heavy atom. The van der Waals surface area contributed by atoms with Gasteiger partial charge in [0.25, 0.3) is 0 Å². The highest BCUT2D eigenvalue weighted by atomic mass is 32.2. The number of benzene rings is 9. The summed E-state index contributed by atoms with van der Waals surface area (Å²) in [4.78, 5) is 9.39. The summed E-state index contributed by atoms with van der Waals surface area (Å²) in [6.07, 6.45) is 6.88. The quantitative estimate of drug-likeness (QED) is 0.174. The van der Waals surface area contributed by atoms with E-state index < -0.39 is 10.8 Å². The van der Waals surface area contributed by atoms with E-state index in [4.69, 9.17) is 0 Å². The van der Waals surface area contributed by atoms with Gasteiger partial charge in [0.2, 0.25) is 0 Å². The van der Waals surface area contributed by atoms with Crippen molar-refractivity contribution in [1.82, 2.24) is 0 Å². The van der Waals surface area contributed by atoms with Crippen LogP contribution in [0.4, 0.5) is 17.1 Å². The van der Waals surface area contributed by atoms with Crippen LogP contribution in [0.3, 0.4) is 0 Å². The summed E-state index contributed by atoms with van der Waals surface area (Å²) < 4.78 is 1.33. The van der Waals surface area contributed by atoms with E-state index in [-0.39, 0.29) is 0 Å². The Morgan fingerprint density at radius 3 is 1.56 bits per heavy atom. The summed E-state index contributed by atoms with van der Waals surface area (Å²) >= 11 is 5.79. The predicted octanol–water partition coefficient (Wildman–Crippen LogP) is 17.0. The van der Waals surface area contributed by atoms with Crippen molar-refractivity contribution < 1.29 is 0 Å². The van der Waals surface area contributed by atoms with Crippen LogP contribution in [-0.4, -0.2) is 0 Å². The van der Waals surface area contributed by atoms with Gasteiger partial charge >= 0.3 is 0 Å². The van der Waals surface area contributed by atoms with Crippen LogP contribution in [0.2, 0.25) is 0 Å². The smallest absolute Gasteiger partial charge is 0.0736 e. The lowest BCUT2D eigenvalue weighted by molar-refractivity contribution is 0.722. The molecule has 15 rings (SSSR count). The average molecular weight is 894 g/mol. The first kappa shape index (κ1) is 37.4. The zero-order valence-corrected chi connectivity index (χ0v) is 38.2. The molecule has 3 aliphatic carbocycles. The molecule has 3 heterocycles. The van der Waals surface area contributed by atoms with Gasteiger partial charge in [-0.2, -0.15) is 0 Å². The lowest BCUT2D eigenvalue weighted by Gasteiger charge is -2.40. The van der Waals surface area contributed by atoms with Crippen LogP contribution in [0.5, 0.6) is 0 Å². The molecule has 2 spiro atoms. The number of hydrogen-bond acceptors (Lipinski definition) is 4. The molecule has 66 heavy (non-hydrogen) atoms. The molecule has 4 heteroatoms. The third-order valence-electron chi connectivity index (χ3n) is 15.1. The van der Waals surface area contributed by atoms with Crippen LogP contribution >= 0.6 is 34.9 Å². The number of thiophene rings is 1. The maximum Gasteiger partial charge on any atom is 0.0736 e. The summed E-state index contributed by atoms with van der Waals surface area (Å²) in [5.74, 6) is 0. The van der Waals surface area contributed by atoms with Crippen LogP contribution in [0, 0.1) is 0 Å². The summed E-state index contributed by atoms with van der Waals surface area (Å²) in [5, 5.41) is 1.34. The first-order valence-corrected chi connectivity index (χ1v) is 25.4. The van der Waals surface area contributed by atoms with Crippen molar-refractivity contribution in [2.45, 2.75) is 43.3 Å². The number of nitrogens with zero attached hydrogens (tertiary/aromatic N) is 1. The summed E-state index contributed by atoms with van der Waals surface area (Å²) in [7, 11) is 0. The van der Waals surface area contributed by atoms with Gasteiger partial charge in [0, 0.05) is 41.1 Å². The number of aryl methyl sites for hydroxylation is 1. The molecule has 5 aliphatic rings. The molecule has 0 amide bonds. The van der Waals surface area contributed by atoms with Gasteiger partial charge in [-0.15, -0.1) is 11.3 Å². The Bertz CT molecular complexity index is 3670. The topological polar surface area (TPSA) is 3.24 Å². The van der Waals surface area contributed by atoms with Gasteiger partial charge in [-0.25, -0.2) is 0 Å². The Labute approximate surface area is 397 Å². The Hall–Kier alpha value is -6.82. The van der Waals surface area contributed by atoms with Crippen LogP contribution in [0.1, 0.15) is 61.4 Å². The fourth-order valence-electron chi connectivity index (χ4n) is 12.6. The Morgan fingerprint density at radius 2 is 0.909 bits per heavy atom. The van der Waals surface area contributed by atoms with Crippen LogP contribution in [0.15, 0.2) is 226 Å². The minimum atomic E-state index is -0.493. The summed E-state index contributed by atoms with van der Waals surface area (Å²) in [5.41, 5.74) is 20.0. The largest absolute Gasteiger partial charge is 0.308 e. The molecule has 0 saturated heterocycles. The van der Waals surface area contributed by atoms with Crippen LogP contribution in [-0.2, 0) is 17.3 Å². The Balaban J connectivity index is 1.06. The van der Waals surface area contributed by atoms with Crippen molar-refractivity contribution in [3.8, 4) is 22.3 Å². The zero-order valence-electron chi connectivity index (χ0n) is 35.8. The van der Waals surface area contributed by atoms with Gasteiger partial charge in [-0.1, -0.05) is 187 Å².